The van der Waals surface area contributed by atoms with Gasteiger partial charge in [0.1, 0.15) is 11.0 Å². The van der Waals surface area contributed by atoms with Crippen molar-refractivity contribution >= 4 is 17.5 Å². The van der Waals surface area contributed by atoms with Crippen LogP contribution >= 0.6 is 11.6 Å². The Hall–Kier alpha value is -1.16. The number of nitrogens with zero attached hydrogens (tertiary/aromatic N) is 2. The Morgan fingerprint density at radius 3 is 2.77 bits per heavy atom. The first-order valence-electron chi connectivity index (χ1n) is 3.55. The Morgan fingerprint density at radius 2 is 2.23 bits per heavy atom. The molecule has 1 amide bonds. The maximum Gasteiger partial charge on any atom is 0.256 e. The van der Waals surface area contributed by atoms with Gasteiger partial charge in [-0.25, -0.2) is 9.37 Å². The molecule has 0 fully saturated rings. The molecule has 5 heteroatoms. The predicted molar refractivity (Wildman–Crippen MR) is 47.2 cm³/mol. The molecule has 1 heterocycles. The number of amides is 1. The third-order valence-electron chi connectivity index (χ3n) is 1.44. The molecule has 1 rings (SSSR count). The Labute approximate surface area is 80.1 Å². The Bertz CT molecular complexity index is 341. The van der Waals surface area contributed by atoms with Crippen LogP contribution in [0.2, 0.25) is 5.15 Å². The van der Waals surface area contributed by atoms with Gasteiger partial charge in [-0.15, -0.1) is 0 Å². The number of carbonyl (C=O) groups is 1. The number of hydrogen-bond acceptors (Lipinski definition) is 2. The van der Waals surface area contributed by atoms with Gasteiger partial charge in [0.15, 0.2) is 0 Å². The largest absolute Gasteiger partial charge is 0.345 e. The minimum absolute atomic E-state index is 0.0140. The molecule has 0 aliphatic carbocycles. The van der Waals surface area contributed by atoms with E-state index >= 15 is 0 Å². The summed E-state index contributed by atoms with van der Waals surface area (Å²) >= 11 is 5.61. The zero-order chi connectivity index (χ0) is 10.0. The molecule has 0 aliphatic heterocycles. The molecule has 0 aliphatic rings. The number of aromatic nitrogens is 1. The minimum Gasteiger partial charge on any atom is -0.345 e. The van der Waals surface area contributed by atoms with Crippen LogP contribution in [0.15, 0.2) is 12.3 Å². The van der Waals surface area contributed by atoms with Gasteiger partial charge in [0.05, 0.1) is 11.8 Å². The van der Waals surface area contributed by atoms with E-state index in [2.05, 4.69) is 4.98 Å². The molecule has 70 valence electrons. The summed E-state index contributed by atoms with van der Waals surface area (Å²) in [6, 6.07) is 1.07. The van der Waals surface area contributed by atoms with Gasteiger partial charge in [0, 0.05) is 14.1 Å². The van der Waals surface area contributed by atoms with E-state index in [4.69, 9.17) is 11.6 Å². The zero-order valence-electron chi connectivity index (χ0n) is 7.21. The van der Waals surface area contributed by atoms with Crippen LogP contribution in [0, 0.1) is 5.82 Å². The van der Waals surface area contributed by atoms with Crippen LogP contribution < -0.4 is 0 Å². The summed E-state index contributed by atoms with van der Waals surface area (Å²) < 4.78 is 12.7. The van der Waals surface area contributed by atoms with Crippen molar-refractivity contribution in [2.24, 2.45) is 0 Å². The fourth-order valence-corrected chi connectivity index (χ4v) is 0.998. The van der Waals surface area contributed by atoms with Crippen LogP contribution in [0.5, 0.6) is 0 Å². The lowest BCUT2D eigenvalue weighted by molar-refractivity contribution is 0.0827. The van der Waals surface area contributed by atoms with Gasteiger partial charge in [-0.3, -0.25) is 4.79 Å². The number of hydrogen-bond donors (Lipinski definition) is 0. The Kier molecular flexibility index (Phi) is 2.83. The molecule has 0 spiro atoms. The minimum atomic E-state index is -0.574. The van der Waals surface area contributed by atoms with Gasteiger partial charge in [0.25, 0.3) is 5.91 Å². The van der Waals surface area contributed by atoms with Crippen LogP contribution in [-0.2, 0) is 0 Å². The summed E-state index contributed by atoms with van der Waals surface area (Å²) in [4.78, 5) is 16.2. The van der Waals surface area contributed by atoms with Crippen molar-refractivity contribution in [3.8, 4) is 0 Å². The SMILES string of the molecule is CN(C)C(=O)c1cc(F)cnc1Cl. The molecule has 0 atom stereocenters. The molecule has 0 saturated carbocycles. The van der Waals surface area contributed by atoms with E-state index in [0.717, 1.165) is 12.3 Å². The summed E-state index contributed by atoms with van der Waals surface area (Å²) in [6.07, 6.45) is 0.967. The summed E-state index contributed by atoms with van der Waals surface area (Å²) in [6.45, 7) is 0. The summed E-state index contributed by atoms with van der Waals surface area (Å²) in [7, 11) is 3.12. The highest BCUT2D eigenvalue weighted by atomic mass is 35.5. The molecule has 1 aromatic rings. The van der Waals surface area contributed by atoms with E-state index in [9.17, 15) is 9.18 Å². The predicted octanol–water partition coefficient (Wildman–Crippen LogP) is 1.58. The lowest BCUT2D eigenvalue weighted by Crippen LogP contribution is -2.22. The number of halogens is 2. The van der Waals surface area contributed by atoms with Gasteiger partial charge < -0.3 is 4.90 Å². The third kappa shape index (κ3) is 2.15. The number of carbonyl (C=O) groups excluding carboxylic acids is 1. The molecule has 0 aromatic carbocycles. The molecular weight excluding hydrogens is 195 g/mol. The standard InChI is InChI=1S/C8H8ClFN2O/c1-12(2)8(13)6-3-5(10)4-11-7(6)9/h3-4H,1-2H3. The fourth-order valence-electron chi connectivity index (χ4n) is 0.813. The van der Waals surface area contributed by atoms with E-state index in [1.807, 2.05) is 0 Å². The lowest BCUT2D eigenvalue weighted by Gasteiger charge is -2.10. The van der Waals surface area contributed by atoms with Crippen LogP contribution in [0.1, 0.15) is 10.4 Å². The quantitative estimate of drug-likeness (QED) is 0.648. The maximum atomic E-state index is 12.7. The van der Waals surface area contributed by atoms with E-state index in [1.54, 1.807) is 14.1 Å². The second-order valence-corrected chi connectivity index (χ2v) is 3.05. The first-order chi connectivity index (χ1) is 6.02. The second kappa shape index (κ2) is 3.70. The van der Waals surface area contributed by atoms with Crippen molar-refractivity contribution in [1.82, 2.24) is 9.88 Å². The molecule has 0 unspecified atom stereocenters. The molecule has 0 bridgehead atoms. The number of pyridine rings is 1. The summed E-state index contributed by atoms with van der Waals surface area (Å²) in [5, 5.41) is 0.0140. The van der Waals surface area contributed by atoms with Crippen LogP contribution in [0.4, 0.5) is 4.39 Å². The normalized spacial score (nSPS) is 9.85. The van der Waals surface area contributed by atoms with Crippen molar-refractivity contribution in [3.05, 3.63) is 28.8 Å². The molecule has 0 saturated heterocycles. The van der Waals surface area contributed by atoms with Gasteiger partial charge in [-0.05, 0) is 6.07 Å². The lowest BCUT2D eigenvalue weighted by atomic mass is 10.2. The van der Waals surface area contributed by atoms with Gasteiger partial charge >= 0.3 is 0 Å². The van der Waals surface area contributed by atoms with Gasteiger partial charge in [0.2, 0.25) is 0 Å². The van der Waals surface area contributed by atoms with Crippen molar-refractivity contribution in [1.29, 1.82) is 0 Å². The van der Waals surface area contributed by atoms with Crippen LogP contribution in [-0.4, -0.2) is 29.9 Å². The summed E-state index contributed by atoms with van der Waals surface area (Å²) in [5.74, 6) is -0.938. The fraction of sp³-hybridized carbons (Fsp3) is 0.250. The first-order valence-corrected chi connectivity index (χ1v) is 3.93. The monoisotopic (exact) mass is 202 g/mol. The van der Waals surface area contributed by atoms with Crippen molar-refractivity contribution in [2.45, 2.75) is 0 Å². The van der Waals surface area contributed by atoms with Gasteiger partial charge in [-0.1, -0.05) is 11.6 Å². The highest BCUT2D eigenvalue weighted by Crippen LogP contribution is 2.14. The van der Waals surface area contributed by atoms with Crippen molar-refractivity contribution < 1.29 is 9.18 Å². The molecule has 0 N–H and O–H groups in total. The topological polar surface area (TPSA) is 33.2 Å². The third-order valence-corrected chi connectivity index (χ3v) is 1.74. The van der Waals surface area contributed by atoms with Crippen molar-refractivity contribution in [2.75, 3.05) is 14.1 Å². The average Bonchev–Trinajstić information content (AvgIpc) is 2.08. The highest BCUT2D eigenvalue weighted by molar-refractivity contribution is 6.32. The summed E-state index contributed by atoms with van der Waals surface area (Å²) in [5.41, 5.74) is 0.0756. The van der Waals surface area contributed by atoms with Crippen LogP contribution in [0.25, 0.3) is 0 Å². The average molecular weight is 203 g/mol. The van der Waals surface area contributed by atoms with Crippen molar-refractivity contribution in [3.63, 3.8) is 0 Å². The van der Waals surface area contributed by atoms with E-state index in [0.29, 0.717) is 0 Å². The second-order valence-electron chi connectivity index (χ2n) is 2.69. The zero-order valence-corrected chi connectivity index (χ0v) is 7.97. The molecular formula is C8H8ClFN2O. The molecule has 3 nitrogen and oxygen atoms in total. The maximum absolute atomic E-state index is 12.7. The highest BCUT2D eigenvalue weighted by Gasteiger charge is 2.13. The Morgan fingerprint density at radius 1 is 1.62 bits per heavy atom. The Balaban J connectivity index is 3.13. The smallest absolute Gasteiger partial charge is 0.256 e. The van der Waals surface area contributed by atoms with E-state index in [1.165, 1.54) is 4.90 Å². The molecule has 1 aromatic heterocycles. The van der Waals surface area contributed by atoms with E-state index < -0.39 is 5.82 Å². The molecule has 0 radical (unpaired) electrons. The van der Waals surface area contributed by atoms with Gasteiger partial charge in [-0.2, -0.15) is 0 Å². The molecule has 13 heavy (non-hydrogen) atoms. The number of rotatable bonds is 1. The first kappa shape index (κ1) is 9.92. The van der Waals surface area contributed by atoms with Crippen LogP contribution in [0.3, 0.4) is 0 Å². The van der Waals surface area contributed by atoms with E-state index in [-0.39, 0.29) is 16.6 Å².